The zero-order valence-electron chi connectivity index (χ0n) is 18.7. The van der Waals surface area contributed by atoms with Gasteiger partial charge in [-0.15, -0.1) is 0 Å². The molecule has 0 saturated carbocycles. The monoisotopic (exact) mass is 406 g/mol. The van der Waals surface area contributed by atoms with E-state index >= 15 is 0 Å². The van der Waals surface area contributed by atoms with Crippen LogP contribution in [0.25, 0.3) is 6.08 Å². The maximum absolute atomic E-state index is 12.1. The van der Waals surface area contributed by atoms with Crippen molar-refractivity contribution >= 4 is 12.0 Å². The molecule has 0 unspecified atom stereocenters. The van der Waals surface area contributed by atoms with E-state index in [4.69, 9.17) is 4.74 Å². The van der Waals surface area contributed by atoms with E-state index in [1.165, 1.54) is 5.56 Å². The SMILES string of the molecule is CN1CCC(Oc2ccc(CNC(=O)/C=C/c3ccc(C(C)(C)C)cc3)cc2)CC1. The zero-order chi connectivity index (χ0) is 21.6. The van der Waals surface area contributed by atoms with Gasteiger partial charge in [-0.2, -0.15) is 0 Å². The number of hydrogen-bond donors (Lipinski definition) is 1. The molecule has 1 aliphatic rings. The molecule has 0 spiro atoms. The summed E-state index contributed by atoms with van der Waals surface area (Å²) in [5.41, 5.74) is 3.50. The van der Waals surface area contributed by atoms with Crippen LogP contribution in [0.1, 0.15) is 50.3 Å². The third kappa shape index (κ3) is 6.74. The summed E-state index contributed by atoms with van der Waals surface area (Å²) in [5, 5.41) is 2.94. The number of benzene rings is 2. The second kappa shape index (κ2) is 9.94. The summed E-state index contributed by atoms with van der Waals surface area (Å²) in [6.07, 6.45) is 5.87. The minimum atomic E-state index is -0.0958. The van der Waals surface area contributed by atoms with E-state index in [9.17, 15) is 4.79 Å². The van der Waals surface area contributed by atoms with Crippen molar-refractivity contribution in [1.29, 1.82) is 0 Å². The average molecular weight is 407 g/mol. The second-order valence-corrected chi connectivity index (χ2v) is 9.19. The molecule has 30 heavy (non-hydrogen) atoms. The molecule has 0 bridgehead atoms. The van der Waals surface area contributed by atoms with Crippen molar-refractivity contribution in [2.45, 2.75) is 51.7 Å². The molecule has 1 amide bonds. The van der Waals surface area contributed by atoms with E-state index < -0.39 is 0 Å². The predicted molar refractivity (Wildman–Crippen MR) is 124 cm³/mol. The van der Waals surface area contributed by atoms with E-state index in [0.29, 0.717) is 12.6 Å². The number of carbonyl (C=O) groups is 1. The molecule has 2 aromatic carbocycles. The Balaban J connectivity index is 1.44. The molecule has 4 nitrogen and oxygen atoms in total. The molecule has 0 aromatic heterocycles. The van der Waals surface area contributed by atoms with Crippen LogP contribution in [0.15, 0.2) is 54.6 Å². The fraction of sp³-hybridized carbons (Fsp3) is 0.423. The fourth-order valence-corrected chi connectivity index (χ4v) is 3.50. The number of amides is 1. The summed E-state index contributed by atoms with van der Waals surface area (Å²) in [6, 6.07) is 16.3. The molecule has 1 N–H and O–H groups in total. The van der Waals surface area contributed by atoms with Crippen molar-refractivity contribution in [2.24, 2.45) is 0 Å². The highest BCUT2D eigenvalue weighted by Gasteiger charge is 2.17. The lowest BCUT2D eigenvalue weighted by molar-refractivity contribution is -0.116. The second-order valence-electron chi connectivity index (χ2n) is 9.19. The van der Waals surface area contributed by atoms with Gasteiger partial charge < -0.3 is 15.0 Å². The Kier molecular flexibility index (Phi) is 7.33. The first-order valence-electron chi connectivity index (χ1n) is 10.8. The molecule has 1 heterocycles. The maximum Gasteiger partial charge on any atom is 0.244 e. The lowest BCUT2D eigenvalue weighted by atomic mass is 9.87. The number of rotatable bonds is 6. The first-order chi connectivity index (χ1) is 14.3. The van der Waals surface area contributed by atoms with Crippen molar-refractivity contribution in [1.82, 2.24) is 10.2 Å². The number of ether oxygens (including phenoxy) is 1. The van der Waals surface area contributed by atoms with Crippen LogP contribution in [-0.2, 0) is 16.8 Å². The molecule has 0 aliphatic carbocycles. The van der Waals surface area contributed by atoms with E-state index in [1.54, 1.807) is 6.08 Å². The van der Waals surface area contributed by atoms with E-state index in [1.807, 2.05) is 42.5 Å². The Labute approximate surface area is 180 Å². The number of hydrogen-bond acceptors (Lipinski definition) is 3. The largest absolute Gasteiger partial charge is 0.490 e. The standard InChI is InChI=1S/C26H34N2O2/c1-26(2,3)22-10-5-20(6-11-22)9-14-25(29)27-19-21-7-12-23(13-8-21)30-24-15-17-28(4)18-16-24/h5-14,24H,15-19H2,1-4H3,(H,27,29)/b14-9+. The Morgan fingerprint density at radius 2 is 1.70 bits per heavy atom. The topological polar surface area (TPSA) is 41.6 Å². The predicted octanol–water partition coefficient (Wildman–Crippen LogP) is 4.79. The molecule has 1 fully saturated rings. The van der Waals surface area contributed by atoms with Gasteiger partial charge in [-0.05, 0) is 60.2 Å². The molecular weight excluding hydrogens is 372 g/mol. The number of nitrogens with one attached hydrogen (secondary N) is 1. The van der Waals surface area contributed by atoms with E-state index in [0.717, 1.165) is 42.8 Å². The third-order valence-corrected chi connectivity index (χ3v) is 5.56. The van der Waals surface area contributed by atoms with Gasteiger partial charge in [-0.3, -0.25) is 4.79 Å². The average Bonchev–Trinajstić information content (AvgIpc) is 2.73. The molecular formula is C26H34N2O2. The molecule has 4 heteroatoms. The quantitative estimate of drug-likeness (QED) is 0.702. The minimum absolute atomic E-state index is 0.0958. The first kappa shape index (κ1) is 22.1. The zero-order valence-corrected chi connectivity index (χ0v) is 18.7. The highest BCUT2D eigenvalue weighted by atomic mass is 16.5. The van der Waals surface area contributed by atoms with Crippen molar-refractivity contribution in [3.8, 4) is 5.75 Å². The van der Waals surface area contributed by atoms with Crippen LogP contribution in [-0.4, -0.2) is 37.0 Å². The normalized spacial score (nSPS) is 16.0. The van der Waals surface area contributed by atoms with Crippen LogP contribution in [0, 0.1) is 0 Å². The van der Waals surface area contributed by atoms with Gasteiger partial charge >= 0.3 is 0 Å². The van der Waals surface area contributed by atoms with Gasteiger partial charge in [-0.1, -0.05) is 57.2 Å². The minimum Gasteiger partial charge on any atom is -0.490 e. The fourth-order valence-electron chi connectivity index (χ4n) is 3.50. The van der Waals surface area contributed by atoms with Crippen LogP contribution >= 0.6 is 0 Å². The Morgan fingerprint density at radius 1 is 1.07 bits per heavy atom. The number of nitrogens with zero attached hydrogens (tertiary/aromatic N) is 1. The van der Waals surface area contributed by atoms with Crippen LogP contribution in [0.3, 0.4) is 0 Å². The van der Waals surface area contributed by atoms with Crippen molar-refractivity contribution in [3.05, 3.63) is 71.3 Å². The van der Waals surface area contributed by atoms with Gasteiger partial charge in [0.1, 0.15) is 11.9 Å². The van der Waals surface area contributed by atoms with Gasteiger partial charge in [0, 0.05) is 25.7 Å². The summed E-state index contributed by atoms with van der Waals surface area (Å²) in [4.78, 5) is 14.5. The van der Waals surface area contributed by atoms with Crippen molar-refractivity contribution < 1.29 is 9.53 Å². The number of carbonyl (C=O) groups excluding carboxylic acids is 1. The first-order valence-corrected chi connectivity index (χ1v) is 10.8. The molecule has 2 aromatic rings. The highest BCUT2D eigenvalue weighted by Crippen LogP contribution is 2.22. The molecule has 3 rings (SSSR count). The van der Waals surface area contributed by atoms with Crippen molar-refractivity contribution in [2.75, 3.05) is 20.1 Å². The molecule has 160 valence electrons. The molecule has 0 radical (unpaired) electrons. The van der Waals surface area contributed by atoms with Gasteiger partial charge in [0.25, 0.3) is 0 Å². The van der Waals surface area contributed by atoms with E-state index in [2.05, 4.69) is 50.2 Å². The van der Waals surface area contributed by atoms with Gasteiger partial charge in [0.05, 0.1) is 0 Å². The van der Waals surface area contributed by atoms with Crippen LogP contribution < -0.4 is 10.1 Å². The Morgan fingerprint density at radius 3 is 2.30 bits per heavy atom. The summed E-state index contributed by atoms with van der Waals surface area (Å²) in [5.74, 6) is 0.805. The Bertz CT molecular complexity index is 840. The smallest absolute Gasteiger partial charge is 0.244 e. The highest BCUT2D eigenvalue weighted by molar-refractivity contribution is 5.91. The van der Waals surface area contributed by atoms with Gasteiger partial charge in [0.2, 0.25) is 5.91 Å². The van der Waals surface area contributed by atoms with Crippen molar-refractivity contribution in [3.63, 3.8) is 0 Å². The van der Waals surface area contributed by atoms with Crippen LogP contribution in [0.5, 0.6) is 5.75 Å². The third-order valence-electron chi connectivity index (χ3n) is 5.56. The Hall–Kier alpha value is -2.59. The lowest BCUT2D eigenvalue weighted by Crippen LogP contribution is -2.35. The van der Waals surface area contributed by atoms with Gasteiger partial charge in [0.15, 0.2) is 0 Å². The summed E-state index contributed by atoms with van der Waals surface area (Å²) in [6.45, 7) is 9.25. The number of piperidine rings is 1. The summed E-state index contributed by atoms with van der Waals surface area (Å²) >= 11 is 0. The molecule has 1 aliphatic heterocycles. The molecule has 1 saturated heterocycles. The van der Waals surface area contributed by atoms with E-state index in [-0.39, 0.29) is 11.3 Å². The summed E-state index contributed by atoms with van der Waals surface area (Å²) < 4.78 is 6.08. The molecule has 0 atom stereocenters. The summed E-state index contributed by atoms with van der Waals surface area (Å²) in [7, 11) is 2.15. The van der Waals surface area contributed by atoms with Crippen LogP contribution in [0.2, 0.25) is 0 Å². The number of likely N-dealkylation sites (tertiary alicyclic amines) is 1. The van der Waals surface area contributed by atoms with Gasteiger partial charge in [-0.25, -0.2) is 0 Å². The van der Waals surface area contributed by atoms with Crippen LogP contribution in [0.4, 0.5) is 0 Å². The maximum atomic E-state index is 12.1. The lowest BCUT2D eigenvalue weighted by Gasteiger charge is -2.29.